The number of nitrogens with zero attached hydrogens (tertiary/aromatic N) is 3. The largest absolute Gasteiger partial charge is 0.448 e. The van der Waals surface area contributed by atoms with E-state index in [1.54, 1.807) is 6.92 Å². The summed E-state index contributed by atoms with van der Waals surface area (Å²) in [6.07, 6.45) is 0.0321. The zero-order valence-corrected chi connectivity index (χ0v) is 33.9. The summed E-state index contributed by atoms with van der Waals surface area (Å²) in [6, 6.07) is 47.5. The third-order valence-corrected chi connectivity index (χ3v) is 12.2. The summed E-state index contributed by atoms with van der Waals surface area (Å²) in [7, 11) is 0. The Labute approximate surface area is 351 Å². The molecule has 5 aromatic carbocycles. The monoisotopic (exact) mass is 823 g/mol. The molecule has 1 saturated heterocycles. The van der Waals surface area contributed by atoms with Crippen molar-refractivity contribution in [3.05, 3.63) is 205 Å². The van der Waals surface area contributed by atoms with Crippen molar-refractivity contribution in [3.8, 4) is 0 Å². The van der Waals surface area contributed by atoms with E-state index < -0.39 is 35.4 Å². The fraction of sp³-hybridized carbons (Fsp3) is 0.170. The number of carbonyl (C=O) groups is 3. The van der Waals surface area contributed by atoms with E-state index in [0.717, 1.165) is 27.8 Å². The topological polar surface area (TPSA) is 98.2 Å². The second-order valence-corrected chi connectivity index (χ2v) is 16.5. The first-order chi connectivity index (χ1) is 28.3. The number of allylic oxidation sites excluding steroid dienone is 1. The molecule has 2 aliphatic rings. The van der Waals surface area contributed by atoms with Crippen molar-refractivity contribution in [1.29, 1.82) is 0 Å². The Balaban J connectivity index is 1.11. The van der Waals surface area contributed by atoms with Gasteiger partial charge in [-0.25, -0.2) is 9.78 Å². The number of hydrogen-bond acceptors (Lipinski definition) is 9. The Bertz CT molecular complexity index is 2360. The van der Waals surface area contributed by atoms with Crippen molar-refractivity contribution in [3.63, 3.8) is 0 Å². The lowest BCUT2D eigenvalue weighted by atomic mass is 9.77. The molecule has 0 aliphatic carbocycles. The molecule has 2 aliphatic heterocycles. The zero-order valence-electron chi connectivity index (χ0n) is 31.4. The molecule has 3 heterocycles. The molecule has 8 nitrogen and oxygen atoms in total. The standard InChI is InChI=1S/C47H38ClN3O5S2/c1-30-49-41(44(48)58-30)40(50-56-47(33-21-11-4-12-22-33,34-23-13-5-14-24-34)35-25-15-6-16-26-35)38(52)29-36-37-27-28-39(57)42(51(37)45(36)53)46(54)55-43(31-17-7-2-8-18-31)32-19-9-3-10-20-32/h2-26,36-37,43,57H,27-29H2,1H3/b50-40+/t36-,37?/m0/s1. The average molecular weight is 824 g/mol. The smallest absolute Gasteiger partial charge is 0.356 e. The molecule has 1 unspecified atom stereocenters. The van der Waals surface area contributed by atoms with E-state index in [4.69, 9.17) is 21.2 Å². The van der Waals surface area contributed by atoms with Crippen LogP contribution in [0.25, 0.3) is 0 Å². The van der Waals surface area contributed by atoms with Crippen molar-refractivity contribution in [2.24, 2.45) is 11.1 Å². The number of Topliss-reactive ketones (excluding diaryl/α,β-unsaturated/α-hetero) is 1. The van der Waals surface area contributed by atoms with Crippen LogP contribution in [0.3, 0.4) is 0 Å². The third-order valence-electron chi connectivity index (χ3n) is 10.6. The maximum Gasteiger partial charge on any atom is 0.356 e. The number of oxime groups is 1. The molecule has 0 spiro atoms. The van der Waals surface area contributed by atoms with Crippen molar-refractivity contribution in [2.75, 3.05) is 0 Å². The summed E-state index contributed by atoms with van der Waals surface area (Å²) in [6.45, 7) is 1.79. The number of aromatic nitrogens is 1. The quantitative estimate of drug-likeness (QED) is 0.0311. The summed E-state index contributed by atoms with van der Waals surface area (Å²) in [5.41, 5.74) is 2.83. The molecular formula is C47H38ClN3O5S2. The van der Waals surface area contributed by atoms with Crippen LogP contribution in [-0.4, -0.2) is 39.3 Å². The predicted octanol–water partition coefficient (Wildman–Crippen LogP) is 9.87. The fourth-order valence-corrected chi connectivity index (χ4v) is 9.23. The minimum Gasteiger partial charge on any atom is -0.448 e. The molecule has 11 heteroatoms. The number of amides is 1. The number of ether oxygens (including phenoxy) is 1. The molecule has 0 saturated carbocycles. The number of aryl methyl sites for hydroxylation is 1. The summed E-state index contributed by atoms with van der Waals surface area (Å²) in [5.74, 6) is -2.24. The van der Waals surface area contributed by atoms with Gasteiger partial charge in [-0.2, -0.15) is 0 Å². The molecule has 1 aromatic heterocycles. The van der Waals surface area contributed by atoms with Crippen LogP contribution in [0, 0.1) is 12.8 Å². The molecule has 1 amide bonds. The van der Waals surface area contributed by atoms with E-state index in [-0.39, 0.29) is 33.8 Å². The molecule has 58 heavy (non-hydrogen) atoms. The molecule has 0 radical (unpaired) electrons. The van der Waals surface area contributed by atoms with Crippen molar-refractivity contribution < 1.29 is 24.0 Å². The lowest BCUT2D eigenvalue weighted by Gasteiger charge is -2.50. The van der Waals surface area contributed by atoms with Gasteiger partial charge in [0.05, 0.1) is 10.9 Å². The number of fused-ring (bicyclic) bond motifs is 1. The first kappa shape index (κ1) is 39.0. The Morgan fingerprint density at radius 2 is 1.31 bits per heavy atom. The van der Waals surface area contributed by atoms with Gasteiger partial charge in [-0.1, -0.05) is 168 Å². The minimum atomic E-state index is -1.28. The van der Waals surface area contributed by atoms with Gasteiger partial charge in [0.2, 0.25) is 11.5 Å². The van der Waals surface area contributed by atoms with Crippen LogP contribution >= 0.6 is 35.6 Å². The number of thiol groups is 1. The van der Waals surface area contributed by atoms with Crippen LogP contribution in [-0.2, 0) is 29.6 Å². The van der Waals surface area contributed by atoms with Crippen LogP contribution in [0.1, 0.15) is 63.9 Å². The Morgan fingerprint density at radius 1 is 0.828 bits per heavy atom. The molecule has 1 fully saturated rings. The molecule has 8 rings (SSSR count). The molecule has 290 valence electrons. The van der Waals surface area contributed by atoms with Gasteiger partial charge in [-0.05, 0) is 30.9 Å². The second kappa shape index (κ2) is 17.0. The zero-order chi connectivity index (χ0) is 40.2. The lowest BCUT2D eigenvalue weighted by molar-refractivity contribution is -0.162. The van der Waals surface area contributed by atoms with Gasteiger partial charge in [0.1, 0.15) is 15.7 Å². The number of carbonyl (C=O) groups excluding carboxylic acids is 3. The first-order valence-corrected chi connectivity index (χ1v) is 20.6. The number of thiazole rings is 1. The van der Waals surface area contributed by atoms with Crippen LogP contribution in [0.15, 0.2) is 167 Å². The molecule has 0 bridgehead atoms. The van der Waals surface area contributed by atoms with Gasteiger partial charge in [-0.15, -0.1) is 24.0 Å². The van der Waals surface area contributed by atoms with E-state index in [2.05, 4.69) is 22.8 Å². The summed E-state index contributed by atoms with van der Waals surface area (Å²) in [4.78, 5) is 56.0. The highest BCUT2D eigenvalue weighted by atomic mass is 35.5. The first-order valence-electron chi connectivity index (χ1n) is 18.9. The van der Waals surface area contributed by atoms with E-state index in [1.807, 2.05) is 152 Å². The Morgan fingerprint density at radius 3 is 1.78 bits per heavy atom. The van der Waals surface area contributed by atoms with Crippen LogP contribution < -0.4 is 0 Å². The van der Waals surface area contributed by atoms with Crippen LogP contribution in [0.5, 0.6) is 0 Å². The maximum atomic E-state index is 14.6. The highest BCUT2D eigenvalue weighted by Gasteiger charge is 2.54. The highest BCUT2D eigenvalue weighted by molar-refractivity contribution is 7.84. The summed E-state index contributed by atoms with van der Waals surface area (Å²) in [5, 5.41) is 5.30. The van der Waals surface area contributed by atoms with Gasteiger partial charge in [0.25, 0.3) is 0 Å². The Kier molecular flexibility index (Phi) is 11.4. The minimum absolute atomic E-state index is 0.0952. The van der Waals surface area contributed by atoms with Gasteiger partial charge < -0.3 is 14.5 Å². The van der Waals surface area contributed by atoms with Crippen LogP contribution in [0.2, 0.25) is 4.34 Å². The van der Waals surface area contributed by atoms with Crippen molar-refractivity contribution in [1.82, 2.24) is 9.88 Å². The average Bonchev–Trinajstić information content (AvgIpc) is 3.61. The van der Waals surface area contributed by atoms with Crippen molar-refractivity contribution in [2.45, 2.75) is 43.9 Å². The lowest BCUT2D eigenvalue weighted by Crippen LogP contribution is -2.63. The van der Waals surface area contributed by atoms with Gasteiger partial charge in [0, 0.05) is 34.1 Å². The maximum absolute atomic E-state index is 14.6. The number of halogens is 1. The van der Waals surface area contributed by atoms with Crippen molar-refractivity contribution >= 4 is 58.9 Å². The van der Waals surface area contributed by atoms with Gasteiger partial charge in [-0.3, -0.25) is 9.59 Å². The SMILES string of the molecule is Cc1nc(/C(=N/OC(c2ccccc2)(c2ccccc2)c2ccccc2)C(=O)C[C@@H]2C(=O)N3C(C(=O)OC(c4ccccc4)c4ccccc4)=C(S)CCC23)c(Cl)s1. The fourth-order valence-electron chi connectivity index (χ4n) is 7.80. The van der Waals surface area contributed by atoms with Gasteiger partial charge >= 0.3 is 5.97 Å². The molecule has 6 aromatic rings. The Hall–Kier alpha value is -5.81. The molecule has 0 N–H and O–H groups in total. The van der Waals surface area contributed by atoms with Gasteiger partial charge in [0.15, 0.2) is 17.6 Å². The van der Waals surface area contributed by atoms with E-state index in [0.29, 0.717) is 22.8 Å². The predicted molar refractivity (Wildman–Crippen MR) is 229 cm³/mol. The van der Waals surface area contributed by atoms with E-state index in [9.17, 15) is 14.4 Å². The number of esters is 1. The normalized spacial score (nSPS) is 16.8. The molecule has 2 atom stereocenters. The third kappa shape index (κ3) is 7.51. The van der Waals surface area contributed by atoms with Crippen LogP contribution in [0.4, 0.5) is 0 Å². The summed E-state index contributed by atoms with van der Waals surface area (Å²) >= 11 is 12.6. The number of benzene rings is 5. The second-order valence-electron chi connectivity index (χ2n) is 14.1. The number of hydrogen-bond donors (Lipinski definition) is 1. The van der Waals surface area contributed by atoms with E-state index in [1.165, 1.54) is 16.2 Å². The molecular weight excluding hydrogens is 786 g/mol. The van der Waals surface area contributed by atoms with E-state index >= 15 is 0 Å². The number of rotatable bonds is 13. The highest BCUT2D eigenvalue weighted by Crippen LogP contribution is 2.45. The number of β-lactam (4-membered cyclic amide) rings is 1. The summed E-state index contributed by atoms with van der Waals surface area (Å²) < 4.78 is 6.44. The number of ketones is 1.